The van der Waals surface area contributed by atoms with E-state index < -0.39 is 0 Å². The molecule has 4 nitrogen and oxygen atoms in total. The molecule has 2 aromatic rings. The first-order valence-corrected chi connectivity index (χ1v) is 6.37. The summed E-state index contributed by atoms with van der Waals surface area (Å²) in [4.78, 5) is 4.20. The van der Waals surface area contributed by atoms with Crippen molar-refractivity contribution in [2.75, 3.05) is 11.2 Å². The van der Waals surface area contributed by atoms with Crippen molar-refractivity contribution in [2.24, 2.45) is 0 Å². The molecule has 0 fully saturated rings. The Morgan fingerprint density at radius 2 is 2.29 bits per heavy atom. The minimum atomic E-state index is 0.378. The van der Waals surface area contributed by atoms with Gasteiger partial charge in [-0.15, -0.1) is 11.6 Å². The van der Waals surface area contributed by atoms with Crippen LogP contribution in [0.25, 0.3) is 5.65 Å². The van der Waals surface area contributed by atoms with Gasteiger partial charge in [-0.05, 0) is 44.4 Å². The van der Waals surface area contributed by atoms with Gasteiger partial charge in [-0.25, -0.2) is 4.98 Å². The van der Waals surface area contributed by atoms with Gasteiger partial charge in [-0.1, -0.05) is 0 Å². The number of pyridine rings is 1. The molecule has 1 N–H and O–H groups in total. The van der Waals surface area contributed by atoms with Gasteiger partial charge in [-0.2, -0.15) is 9.61 Å². The first-order chi connectivity index (χ1) is 8.20. The Labute approximate surface area is 106 Å². The highest BCUT2D eigenvalue weighted by molar-refractivity contribution is 6.17. The molecule has 5 heteroatoms. The molecule has 1 atom stereocenters. The molecular formula is C12H17ClN4. The van der Waals surface area contributed by atoms with Gasteiger partial charge < -0.3 is 5.32 Å². The average molecular weight is 253 g/mol. The van der Waals surface area contributed by atoms with Crippen molar-refractivity contribution in [2.45, 2.75) is 32.7 Å². The number of hydrogen-bond donors (Lipinski definition) is 1. The van der Waals surface area contributed by atoms with Crippen molar-refractivity contribution < 1.29 is 0 Å². The minimum absolute atomic E-state index is 0.378. The third-order valence-corrected chi connectivity index (χ3v) is 2.96. The largest absolute Gasteiger partial charge is 0.367 e. The number of hydrogen-bond acceptors (Lipinski definition) is 3. The van der Waals surface area contributed by atoms with Crippen molar-refractivity contribution in [3.05, 3.63) is 24.0 Å². The fraction of sp³-hybridized carbons (Fsp3) is 0.500. The molecule has 0 saturated heterocycles. The number of nitrogens with zero attached hydrogens (tertiary/aromatic N) is 3. The summed E-state index contributed by atoms with van der Waals surface area (Å²) >= 11 is 5.70. The van der Waals surface area contributed by atoms with Crippen molar-refractivity contribution in [3.8, 4) is 0 Å². The van der Waals surface area contributed by atoms with E-state index in [1.807, 2.05) is 10.6 Å². The van der Waals surface area contributed by atoms with Crippen LogP contribution in [0.4, 0.5) is 5.82 Å². The highest BCUT2D eigenvalue weighted by atomic mass is 35.5. The Morgan fingerprint density at radius 3 is 3.06 bits per heavy atom. The van der Waals surface area contributed by atoms with Crippen LogP contribution in [0.5, 0.6) is 0 Å². The van der Waals surface area contributed by atoms with Gasteiger partial charge in [0, 0.05) is 11.9 Å². The van der Waals surface area contributed by atoms with Crippen LogP contribution in [0, 0.1) is 6.92 Å². The van der Waals surface area contributed by atoms with Crippen LogP contribution < -0.4 is 5.32 Å². The molecule has 0 aliphatic heterocycles. The highest BCUT2D eigenvalue weighted by Gasteiger charge is 2.07. The summed E-state index contributed by atoms with van der Waals surface area (Å²) in [6, 6.07) is 4.48. The van der Waals surface area contributed by atoms with E-state index in [-0.39, 0.29) is 0 Å². The lowest BCUT2D eigenvalue weighted by atomic mass is 10.2. The van der Waals surface area contributed by atoms with E-state index in [1.54, 1.807) is 6.33 Å². The lowest BCUT2D eigenvalue weighted by molar-refractivity contribution is 0.686. The Morgan fingerprint density at radius 1 is 1.47 bits per heavy atom. The van der Waals surface area contributed by atoms with Crippen LogP contribution in [-0.4, -0.2) is 26.5 Å². The zero-order valence-corrected chi connectivity index (χ0v) is 10.9. The Bertz CT molecular complexity index is 494. The molecule has 17 heavy (non-hydrogen) atoms. The normalized spacial score (nSPS) is 12.9. The van der Waals surface area contributed by atoms with Gasteiger partial charge in [-0.3, -0.25) is 0 Å². The molecule has 92 valence electrons. The number of nitrogens with one attached hydrogen (secondary N) is 1. The standard InChI is InChI=1S/C12H17ClN4/c1-9-6-11-14-8-15-17(11)12(7-9)16-10(2)4-3-5-13/h6-8,10,16H,3-5H2,1-2H3. The minimum Gasteiger partial charge on any atom is -0.367 e. The molecule has 1 unspecified atom stereocenters. The Kier molecular flexibility index (Phi) is 3.84. The van der Waals surface area contributed by atoms with Gasteiger partial charge in [0.2, 0.25) is 0 Å². The monoisotopic (exact) mass is 252 g/mol. The average Bonchev–Trinajstić information content (AvgIpc) is 2.74. The van der Waals surface area contributed by atoms with Crippen LogP contribution in [0.1, 0.15) is 25.3 Å². The molecule has 0 saturated carbocycles. The maximum Gasteiger partial charge on any atom is 0.157 e. The number of halogens is 1. The first-order valence-electron chi connectivity index (χ1n) is 5.83. The second kappa shape index (κ2) is 5.36. The zero-order valence-electron chi connectivity index (χ0n) is 10.2. The topological polar surface area (TPSA) is 42.2 Å². The van der Waals surface area contributed by atoms with Crippen molar-refractivity contribution >= 4 is 23.1 Å². The summed E-state index contributed by atoms with van der Waals surface area (Å²) in [7, 11) is 0. The molecule has 2 rings (SSSR count). The quantitative estimate of drug-likeness (QED) is 0.832. The van der Waals surface area contributed by atoms with Gasteiger partial charge in [0.25, 0.3) is 0 Å². The van der Waals surface area contributed by atoms with E-state index >= 15 is 0 Å². The number of aryl methyl sites for hydroxylation is 1. The number of rotatable bonds is 5. The lowest BCUT2D eigenvalue weighted by Gasteiger charge is -2.15. The number of fused-ring (bicyclic) bond motifs is 1. The Hall–Kier alpha value is -1.29. The molecule has 0 bridgehead atoms. The fourth-order valence-corrected chi connectivity index (χ4v) is 2.02. The summed E-state index contributed by atoms with van der Waals surface area (Å²) < 4.78 is 1.82. The van der Waals surface area contributed by atoms with E-state index in [2.05, 4.69) is 35.3 Å². The van der Waals surface area contributed by atoms with E-state index in [0.29, 0.717) is 11.9 Å². The van der Waals surface area contributed by atoms with Crippen LogP contribution >= 0.6 is 11.6 Å². The summed E-state index contributed by atoms with van der Waals surface area (Å²) in [5.74, 6) is 1.69. The molecule has 0 spiro atoms. The highest BCUT2D eigenvalue weighted by Crippen LogP contribution is 2.15. The SMILES string of the molecule is Cc1cc(NC(C)CCCCl)n2ncnc2c1. The molecule has 0 aromatic carbocycles. The number of aromatic nitrogens is 3. The van der Waals surface area contributed by atoms with Crippen molar-refractivity contribution in [3.63, 3.8) is 0 Å². The van der Waals surface area contributed by atoms with Gasteiger partial charge in [0.15, 0.2) is 5.65 Å². The van der Waals surface area contributed by atoms with Crippen molar-refractivity contribution in [1.29, 1.82) is 0 Å². The number of alkyl halides is 1. The van der Waals surface area contributed by atoms with Gasteiger partial charge in [0.05, 0.1) is 0 Å². The second-order valence-corrected chi connectivity index (χ2v) is 4.70. The molecule has 2 heterocycles. The molecule has 0 aliphatic rings. The predicted molar refractivity (Wildman–Crippen MR) is 70.8 cm³/mol. The maximum absolute atomic E-state index is 5.70. The fourth-order valence-electron chi connectivity index (χ4n) is 1.87. The molecule has 0 amide bonds. The molecule has 0 radical (unpaired) electrons. The van der Waals surface area contributed by atoms with E-state index in [1.165, 1.54) is 5.56 Å². The molecular weight excluding hydrogens is 236 g/mol. The van der Waals surface area contributed by atoms with Gasteiger partial charge >= 0.3 is 0 Å². The predicted octanol–water partition coefficient (Wildman–Crippen LogP) is 2.86. The summed E-state index contributed by atoms with van der Waals surface area (Å²) in [5, 5.41) is 7.66. The third kappa shape index (κ3) is 2.88. The third-order valence-electron chi connectivity index (χ3n) is 2.69. The summed E-state index contributed by atoms with van der Waals surface area (Å²) in [5.41, 5.74) is 2.05. The maximum atomic E-state index is 5.70. The summed E-state index contributed by atoms with van der Waals surface area (Å²) in [6.07, 6.45) is 3.64. The van der Waals surface area contributed by atoms with Gasteiger partial charge in [0.1, 0.15) is 12.1 Å². The van der Waals surface area contributed by atoms with Crippen LogP contribution in [0.15, 0.2) is 18.5 Å². The number of anilines is 1. The van der Waals surface area contributed by atoms with Crippen LogP contribution in [-0.2, 0) is 0 Å². The lowest BCUT2D eigenvalue weighted by Crippen LogP contribution is -2.17. The summed E-state index contributed by atoms with van der Waals surface area (Å²) in [6.45, 7) is 4.21. The van der Waals surface area contributed by atoms with E-state index in [4.69, 9.17) is 11.6 Å². The van der Waals surface area contributed by atoms with Crippen molar-refractivity contribution in [1.82, 2.24) is 14.6 Å². The van der Waals surface area contributed by atoms with E-state index in [0.717, 1.165) is 24.3 Å². The van der Waals surface area contributed by atoms with E-state index in [9.17, 15) is 0 Å². The van der Waals surface area contributed by atoms with Crippen LogP contribution in [0.2, 0.25) is 0 Å². The first kappa shape index (κ1) is 12.2. The second-order valence-electron chi connectivity index (χ2n) is 4.32. The van der Waals surface area contributed by atoms with Crippen LogP contribution in [0.3, 0.4) is 0 Å². The molecule has 0 aliphatic carbocycles. The smallest absolute Gasteiger partial charge is 0.157 e. The molecule has 2 aromatic heterocycles. The Balaban J connectivity index is 2.19. The zero-order chi connectivity index (χ0) is 12.3.